The number of benzene rings is 2. The number of carbonyl (C=O) groups excluding carboxylic acids is 1. The second-order valence-electron chi connectivity index (χ2n) is 4.42. The summed E-state index contributed by atoms with van der Waals surface area (Å²) in [5.41, 5.74) is 1.89. The SMILES string of the molecule is Cc1cc(NC(=O)CCOc2ccccc2)ccc1Br. The van der Waals surface area contributed by atoms with E-state index in [-0.39, 0.29) is 5.91 Å². The van der Waals surface area contributed by atoms with Crippen LogP contribution in [0.15, 0.2) is 53.0 Å². The van der Waals surface area contributed by atoms with Gasteiger partial charge < -0.3 is 10.1 Å². The molecule has 0 aliphatic rings. The van der Waals surface area contributed by atoms with Crippen LogP contribution in [0.25, 0.3) is 0 Å². The molecule has 0 saturated carbocycles. The lowest BCUT2D eigenvalue weighted by Crippen LogP contribution is -2.15. The van der Waals surface area contributed by atoms with Crippen LogP contribution in [0, 0.1) is 6.92 Å². The summed E-state index contributed by atoms with van der Waals surface area (Å²) in [5, 5.41) is 2.86. The van der Waals surface area contributed by atoms with Crippen molar-refractivity contribution in [2.45, 2.75) is 13.3 Å². The Hall–Kier alpha value is -1.81. The molecule has 0 saturated heterocycles. The molecular formula is C16H16BrNO2. The zero-order chi connectivity index (χ0) is 14.4. The molecule has 3 nitrogen and oxygen atoms in total. The number of aryl methyl sites for hydroxylation is 1. The standard InChI is InChI=1S/C16H16BrNO2/c1-12-11-13(7-8-15(12)17)18-16(19)9-10-20-14-5-3-2-4-6-14/h2-8,11H,9-10H2,1H3,(H,18,19). The van der Waals surface area contributed by atoms with Gasteiger partial charge in [0.1, 0.15) is 5.75 Å². The molecule has 1 N–H and O–H groups in total. The van der Waals surface area contributed by atoms with Crippen molar-refractivity contribution in [3.8, 4) is 5.75 Å². The van der Waals surface area contributed by atoms with E-state index in [1.54, 1.807) is 0 Å². The van der Waals surface area contributed by atoms with Gasteiger partial charge in [-0.25, -0.2) is 0 Å². The zero-order valence-corrected chi connectivity index (χ0v) is 12.8. The Kier molecular flexibility index (Phi) is 5.18. The van der Waals surface area contributed by atoms with Crippen LogP contribution < -0.4 is 10.1 Å². The Bertz CT molecular complexity index is 584. The van der Waals surface area contributed by atoms with E-state index in [0.717, 1.165) is 21.5 Å². The molecule has 0 aromatic heterocycles. The van der Waals surface area contributed by atoms with E-state index in [0.29, 0.717) is 13.0 Å². The van der Waals surface area contributed by atoms with Crippen molar-refractivity contribution in [2.24, 2.45) is 0 Å². The Morgan fingerprint density at radius 3 is 2.65 bits per heavy atom. The summed E-state index contributed by atoms with van der Waals surface area (Å²) in [6.45, 7) is 2.35. The minimum atomic E-state index is -0.0531. The summed E-state index contributed by atoms with van der Waals surface area (Å²) in [5.74, 6) is 0.724. The number of ether oxygens (including phenoxy) is 1. The number of nitrogens with one attached hydrogen (secondary N) is 1. The molecule has 2 rings (SSSR count). The molecule has 0 atom stereocenters. The highest BCUT2D eigenvalue weighted by atomic mass is 79.9. The van der Waals surface area contributed by atoms with Crippen LogP contribution in [0.4, 0.5) is 5.69 Å². The lowest BCUT2D eigenvalue weighted by atomic mass is 10.2. The van der Waals surface area contributed by atoms with Gasteiger partial charge in [0.25, 0.3) is 0 Å². The summed E-state index contributed by atoms with van der Waals surface area (Å²) in [6, 6.07) is 15.2. The first-order chi connectivity index (χ1) is 9.65. The fourth-order valence-electron chi connectivity index (χ4n) is 1.72. The van der Waals surface area contributed by atoms with Crippen molar-refractivity contribution in [1.29, 1.82) is 0 Å². The highest BCUT2D eigenvalue weighted by molar-refractivity contribution is 9.10. The van der Waals surface area contributed by atoms with Crippen molar-refractivity contribution in [3.63, 3.8) is 0 Å². The molecule has 1 amide bonds. The number of carbonyl (C=O) groups is 1. The maximum Gasteiger partial charge on any atom is 0.227 e. The average Bonchev–Trinajstić information content (AvgIpc) is 2.44. The summed E-state index contributed by atoms with van der Waals surface area (Å²) >= 11 is 3.43. The highest BCUT2D eigenvalue weighted by Crippen LogP contribution is 2.20. The molecule has 0 fully saturated rings. The molecule has 104 valence electrons. The average molecular weight is 334 g/mol. The van der Waals surface area contributed by atoms with E-state index in [1.165, 1.54) is 0 Å². The number of hydrogen-bond donors (Lipinski definition) is 1. The Balaban J connectivity index is 1.79. The number of para-hydroxylation sites is 1. The smallest absolute Gasteiger partial charge is 0.227 e. The largest absolute Gasteiger partial charge is 0.493 e. The number of halogens is 1. The topological polar surface area (TPSA) is 38.3 Å². The minimum Gasteiger partial charge on any atom is -0.493 e. The predicted molar refractivity (Wildman–Crippen MR) is 84.1 cm³/mol. The molecule has 0 aliphatic carbocycles. The minimum absolute atomic E-state index is 0.0531. The molecule has 20 heavy (non-hydrogen) atoms. The first-order valence-corrected chi connectivity index (χ1v) is 7.18. The molecule has 2 aromatic carbocycles. The van der Waals surface area contributed by atoms with Crippen LogP contribution >= 0.6 is 15.9 Å². The Morgan fingerprint density at radius 2 is 1.95 bits per heavy atom. The molecule has 0 aliphatic heterocycles. The zero-order valence-electron chi connectivity index (χ0n) is 11.2. The van der Waals surface area contributed by atoms with E-state index >= 15 is 0 Å². The third-order valence-corrected chi connectivity index (χ3v) is 3.67. The van der Waals surface area contributed by atoms with E-state index in [4.69, 9.17) is 4.74 Å². The molecular weight excluding hydrogens is 318 g/mol. The predicted octanol–water partition coefficient (Wildman–Crippen LogP) is 4.17. The highest BCUT2D eigenvalue weighted by Gasteiger charge is 2.04. The Morgan fingerprint density at radius 1 is 1.20 bits per heavy atom. The summed E-state index contributed by atoms with van der Waals surface area (Å²) in [6.07, 6.45) is 0.323. The maximum absolute atomic E-state index is 11.8. The van der Waals surface area contributed by atoms with Gasteiger partial charge in [-0.3, -0.25) is 4.79 Å². The number of amides is 1. The van der Waals surface area contributed by atoms with Gasteiger partial charge in [-0.05, 0) is 42.8 Å². The molecule has 4 heteroatoms. The first-order valence-electron chi connectivity index (χ1n) is 6.39. The third-order valence-electron chi connectivity index (χ3n) is 2.78. The maximum atomic E-state index is 11.8. The monoisotopic (exact) mass is 333 g/mol. The molecule has 2 aromatic rings. The first kappa shape index (κ1) is 14.6. The second kappa shape index (κ2) is 7.10. The number of anilines is 1. The van der Waals surface area contributed by atoms with Crippen LogP contribution in [0.2, 0.25) is 0 Å². The van der Waals surface area contributed by atoms with E-state index < -0.39 is 0 Å². The quantitative estimate of drug-likeness (QED) is 0.891. The fraction of sp³-hybridized carbons (Fsp3) is 0.188. The van der Waals surface area contributed by atoms with Gasteiger partial charge in [-0.15, -0.1) is 0 Å². The van der Waals surface area contributed by atoms with Gasteiger partial charge in [0.05, 0.1) is 13.0 Å². The number of rotatable bonds is 5. The van der Waals surface area contributed by atoms with Gasteiger partial charge in [0.2, 0.25) is 5.91 Å². The van der Waals surface area contributed by atoms with Crippen molar-refractivity contribution >= 4 is 27.5 Å². The van der Waals surface area contributed by atoms with Crippen LogP contribution in [-0.2, 0) is 4.79 Å². The lowest BCUT2D eigenvalue weighted by molar-refractivity contribution is -0.116. The van der Waals surface area contributed by atoms with Crippen LogP contribution in [0.1, 0.15) is 12.0 Å². The van der Waals surface area contributed by atoms with Crippen molar-refractivity contribution < 1.29 is 9.53 Å². The van der Waals surface area contributed by atoms with Crippen LogP contribution in [-0.4, -0.2) is 12.5 Å². The molecule has 0 bridgehead atoms. The van der Waals surface area contributed by atoms with Gasteiger partial charge in [-0.2, -0.15) is 0 Å². The van der Waals surface area contributed by atoms with E-state index in [9.17, 15) is 4.79 Å². The van der Waals surface area contributed by atoms with Gasteiger partial charge in [0.15, 0.2) is 0 Å². The van der Waals surface area contributed by atoms with Crippen LogP contribution in [0.5, 0.6) is 5.75 Å². The van der Waals surface area contributed by atoms with Crippen molar-refractivity contribution in [3.05, 3.63) is 58.6 Å². The molecule has 0 unspecified atom stereocenters. The summed E-state index contributed by atoms with van der Waals surface area (Å²) in [4.78, 5) is 11.8. The lowest BCUT2D eigenvalue weighted by Gasteiger charge is -2.08. The fourth-order valence-corrected chi connectivity index (χ4v) is 1.97. The van der Waals surface area contributed by atoms with Crippen molar-refractivity contribution in [2.75, 3.05) is 11.9 Å². The van der Waals surface area contributed by atoms with Crippen LogP contribution in [0.3, 0.4) is 0 Å². The Labute approximate surface area is 127 Å². The summed E-state index contributed by atoms with van der Waals surface area (Å²) in [7, 11) is 0. The summed E-state index contributed by atoms with van der Waals surface area (Å²) < 4.78 is 6.52. The molecule has 0 heterocycles. The van der Waals surface area contributed by atoms with Gasteiger partial charge >= 0.3 is 0 Å². The van der Waals surface area contributed by atoms with Gasteiger partial charge in [0, 0.05) is 10.2 Å². The van der Waals surface area contributed by atoms with E-state index in [2.05, 4.69) is 21.2 Å². The molecule has 0 spiro atoms. The van der Waals surface area contributed by atoms with Gasteiger partial charge in [-0.1, -0.05) is 34.1 Å². The second-order valence-corrected chi connectivity index (χ2v) is 5.28. The normalized spacial score (nSPS) is 10.1. The third kappa shape index (κ3) is 4.38. The number of hydrogen-bond acceptors (Lipinski definition) is 2. The van der Waals surface area contributed by atoms with Crippen molar-refractivity contribution in [1.82, 2.24) is 0 Å². The molecule has 0 radical (unpaired) electrons. The van der Waals surface area contributed by atoms with E-state index in [1.807, 2.05) is 55.5 Å².